The SMILES string of the molecule is COc1ccc(C(=O)Nc2ccc(SC(C)C(=O)Nc3nc(C)cs3)cc2)cc1. The van der Waals surface area contributed by atoms with Crippen molar-refractivity contribution in [3.05, 3.63) is 65.2 Å². The van der Waals surface area contributed by atoms with Crippen LogP contribution in [-0.4, -0.2) is 29.2 Å². The fourth-order valence-electron chi connectivity index (χ4n) is 2.44. The molecule has 2 N–H and O–H groups in total. The molecule has 0 aliphatic heterocycles. The molecule has 3 aromatic rings. The number of nitrogens with one attached hydrogen (secondary N) is 2. The Balaban J connectivity index is 1.54. The second kappa shape index (κ2) is 9.58. The lowest BCUT2D eigenvalue weighted by Gasteiger charge is -2.11. The third-order valence-corrected chi connectivity index (χ3v) is 5.98. The van der Waals surface area contributed by atoms with Crippen LogP contribution in [0.5, 0.6) is 5.75 Å². The van der Waals surface area contributed by atoms with Gasteiger partial charge in [-0.2, -0.15) is 0 Å². The minimum Gasteiger partial charge on any atom is -0.497 e. The third-order valence-electron chi connectivity index (χ3n) is 4.00. The van der Waals surface area contributed by atoms with Crippen molar-refractivity contribution < 1.29 is 14.3 Å². The molecule has 0 fully saturated rings. The third kappa shape index (κ3) is 5.82. The highest BCUT2D eigenvalue weighted by Crippen LogP contribution is 2.26. The van der Waals surface area contributed by atoms with Gasteiger partial charge < -0.3 is 15.4 Å². The van der Waals surface area contributed by atoms with Crippen molar-refractivity contribution in [1.29, 1.82) is 0 Å². The number of rotatable bonds is 7. The van der Waals surface area contributed by atoms with E-state index in [0.29, 0.717) is 22.1 Å². The zero-order chi connectivity index (χ0) is 20.8. The summed E-state index contributed by atoms with van der Waals surface area (Å²) in [4.78, 5) is 29.8. The van der Waals surface area contributed by atoms with Gasteiger partial charge in [-0.05, 0) is 62.4 Å². The van der Waals surface area contributed by atoms with E-state index in [-0.39, 0.29) is 17.1 Å². The van der Waals surface area contributed by atoms with E-state index in [0.717, 1.165) is 10.6 Å². The lowest BCUT2D eigenvalue weighted by Crippen LogP contribution is -2.22. The Morgan fingerprint density at radius 1 is 1.07 bits per heavy atom. The van der Waals surface area contributed by atoms with Crippen LogP contribution in [-0.2, 0) is 4.79 Å². The van der Waals surface area contributed by atoms with Crippen LogP contribution in [0.15, 0.2) is 58.8 Å². The Labute approximate surface area is 177 Å². The maximum absolute atomic E-state index is 12.3. The molecule has 29 heavy (non-hydrogen) atoms. The minimum atomic E-state index is -0.279. The standard InChI is InChI=1S/C21H21N3O3S2/c1-13-12-28-21(22-13)24-19(25)14(2)29-18-10-6-16(7-11-18)23-20(26)15-4-8-17(27-3)9-5-15/h4-12,14H,1-3H3,(H,23,26)(H,22,24,25). The van der Waals surface area contributed by atoms with Crippen molar-refractivity contribution in [3.63, 3.8) is 0 Å². The van der Waals surface area contributed by atoms with Crippen molar-refractivity contribution in [2.75, 3.05) is 17.7 Å². The number of methoxy groups -OCH3 is 1. The van der Waals surface area contributed by atoms with E-state index in [2.05, 4.69) is 15.6 Å². The number of carbonyl (C=O) groups is 2. The molecule has 0 aliphatic rings. The Hall–Kier alpha value is -2.84. The summed E-state index contributed by atoms with van der Waals surface area (Å²) in [7, 11) is 1.58. The van der Waals surface area contributed by atoms with Gasteiger partial charge in [0.05, 0.1) is 18.1 Å². The van der Waals surface area contributed by atoms with Gasteiger partial charge in [-0.25, -0.2) is 4.98 Å². The maximum Gasteiger partial charge on any atom is 0.255 e. The minimum absolute atomic E-state index is 0.0961. The summed E-state index contributed by atoms with van der Waals surface area (Å²) in [5.74, 6) is 0.409. The number of carbonyl (C=O) groups excluding carboxylic acids is 2. The Bertz CT molecular complexity index is 985. The molecule has 3 rings (SSSR count). The van der Waals surface area contributed by atoms with E-state index in [1.54, 1.807) is 31.4 Å². The van der Waals surface area contributed by atoms with Gasteiger partial charge in [0.2, 0.25) is 5.91 Å². The van der Waals surface area contributed by atoms with E-state index in [1.807, 2.05) is 43.5 Å². The van der Waals surface area contributed by atoms with Crippen LogP contribution in [0.2, 0.25) is 0 Å². The number of thioether (sulfide) groups is 1. The van der Waals surface area contributed by atoms with E-state index in [9.17, 15) is 9.59 Å². The van der Waals surface area contributed by atoms with Crippen molar-refractivity contribution in [3.8, 4) is 5.75 Å². The molecule has 0 bridgehead atoms. The lowest BCUT2D eigenvalue weighted by molar-refractivity contribution is -0.115. The molecule has 1 aromatic heterocycles. The lowest BCUT2D eigenvalue weighted by atomic mass is 10.2. The average molecular weight is 428 g/mol. The maximum atomic E-state index is 12.3. The summed E-state index contributed by atoms with van der Waals surface area (Å²) in [6.07, 6.45) is 0. The first-order valence-corrected chi connectivity index (χ1v) is 10.7. The molecule has 0 aliphatic carbocycles. The number of amides is 2. The number of ether oxygens (including phenoxy) is 1. The van der Waals surface area contributed by atoms with Crippen molar-refractivity contribution >= 4 is 45.7 Å². The molecular weight excluding hydrogens is 406 g/mol. The van der Waals surface area contributed by atoms with Crippen LogP contribution >= 0.6 is 23.1 Å². The second-order valence-electron chi connectivity index (χ2n) is 6.25. The number of hydrogen-bond acceptors (Lipinski definition) is 6. The Morgan fingerprint density at radius 3 is 2.34 bits per heavy atom. The smallest absolute Gasteiger partial charge is 0.255 e. The Morgan fingerprint density at radius 2 is 1.76 bits per heavy atom. The quantitative estimate of drug-likeness (QED) is 0.528. The summed E-state index contributed by atoms with van der Waals surface area (Å²) in [6, 6.07) is 14.3. The largest absolute Gasteiger partial charge is 0.497 e. The summed E-state index contributed by atoms with van der Waals surface area (Å²) < 4.78 is 5.10. The summed E-state index contributed by atoms with van der Waals surface area (Å²) >= 11 is 2.85. The first kappa shape index (κ1) is 20.9. The number of aromatic nitrogens is 1. The monoisotopic (exact) mass is 427 g/mol. The van der Waals surface area contributed by atoms with Crippen molar-refractivity contribution in [1.82, 2.24) is 4.98 Å². The van der Waals surface area contributed by atoms with Gasteiger partial charge in [-0.1, -0.05) is 0 Å². The van der Waals surface area contributed by atoms with Crippen LogP contribution in [0.3, 0.4) is 0 Å². The molecule has 1 heterocycles. The molecule has 2 aromatic carbocycles. The molecule has 1 unspecified atom stereocenters. The molecule has 150 valence electrons. The van der Waals surface area contributed by atoms with E-state index in [1.165, 1.54) is 23.1 Å². The zero-order valence-corrected chi connectivity index (χ0v) is 17.9. The van der Waals surface area contributed by atoms with Crippen LogP contribution < -0.4 is 15.4 Å². The molecule has 0 spiro atoms. The Kier molecular flexibility index (Phi) is 6.90. The predicted octanol–water partition coefficient (Wildman–Crippen LogP) is 4.83. The number of aryl methyl sites for hydroxylation is 1. The van der Waals surface area contributed by atoms with Crippen LogP contribution in [0, 0.1) is 6.92 Å². The molecule has 0 saturated carbocycles. The highest BCUT2D eigenvalue weighted by atomic mass is 32.2. The zero-order valence-electron chi connectivity index (χ0n) is 16.3. The molecule has 6 nitrogen and oxygen atoms in total. The first-order valence-electron chi connectivity index (χ1n) is 8.89. The van der Waals surface area contributed by atoms with Gasteiger partial charge in [-0.15, -0.1) is 23.1 Å². The number of hydrogen-bond donors (Lipinski definition) is 2. The van der Waals surface area contributed by atoms with Crippen molar-refractivity contribution in [2.24, 2.45) is 0 Å². The number of nitrogens with zero attached hydrogens (tertiary/aromatic N) is 1. The number of anilines is 2. The molecule has 0 saturated heterocycles. The van der Waals surface area contributed by atoms with E-state index in [4.69, 9.17) is 4.74 Å². The van der Waals surface area contributed by atoms with E-state index >= 15 is 0 Å². The predicted molar refractivity (Wildman–Crippen MR) is 118 cm³/mol. The summed E-state index contributed by atoms with van der Waals surface area (Å²) in [5, 5.41) is 7.91. The molecule has 8 heteroatoms. The van der Waals surface area contributed by atoms with Gasteiger partial charge >= 0.3 is 0 Å². The normalized spacial score (nSPS) is 11.6. The van der Waals surface area contributed by atoms with Gasteiger partial charge in [-0.3, -0.25) is 9.59 Å². The van der Waals surface area contributed by atoms with Crippen LogP contribution in [0.4, 0.5) is 10.8 Å². The van der Waals surface area contributed by atoms with E-state index < -0.39 is 0 Å². The fraction of sp³-hybridized carbons (Fsp3) is 0.190. The fourth-order valence-corrected chi connectivity index (χ4v) is 4.00. The summed E-state index contributed by atoms with van der Waals surface area (Å²) in [6.45, 7) is 3.74. The highest BCUT2D eigenvalue weighted by Gasteiger charge is 2.16. The second-order valence-corrected chi connectivity index (χ2v) is 8.52. The van der Waals surface area contributed by atoms with Crippen LogP contribution in [0.1, 0.15) is 23.0 Å². The van der Waals surface area contributed by atoms with Crippen molar-refractivity contribution in [2.45, 2.75) is 24.0 Å². The highest BCUT2D eigenvalue weighted by molar-refractivity contribution is 8.00. The van der Waals surface area contributed by atoms with Gasteiger partial charge in [0, 0.05) is 21.5 Å². The average Bonchev–Trinajstić information content (AvgIpc) is 3.14. The number of thiazole rings is 1. The first-order chi connectivity index (χ1) is 13.9. The van der Waals surface area contributed by atoms with Crippen LogP contribution in [0.25, 0.3) is 0 Å². The molecular formula is C21H21N3O3S2. The number of benzene rings is 2. The molecule has 2 amide bonds. The summed E-state index contributed by atoms with van der Waals surface area (Å²) in [5.41, 5.74) is 2.12. The molecule has 1 atom stereocenters. The van der Waals surface area contributed by atoms with Gasteiger partial charge in [0.25, 0.3) is 5.91 Å². The molecule has 0 radical (unpaired) electrons. The topological polar surface area (TPSA) is 80.3 Å². The van der Waals surface area contributed by atoms with Gasteiger partial charge in [0.15, 0.2) is 5.13 Å². The van der Waals surface area contributed by atoms with Gasteiger partial charge in [0.1, 0.15) is 5.75 Å².